The number of hydrogen-bond donors (Lipinski definition) is 2. The van der Waals surface area contributed by atoms with Crippen molar-refractivity contribution in [2.75, 3.05) is 13.1 Å². The van der Waals surface area contributed by atoms with E-state index >= 15 is 0 Å². The maximum absolute atomic E-state index is 13.2. The number of carbonyl (C=O) groups is 2. The molecule has 0 radical (unpaired) electrons. The molecule has 0 atom stereocenters. The second-order valence-corrected chi connectivity index (χ2v) is 3.40. The van der Waals surface area contributed by atoms with Crippen LogP contribution in [0.25, 0.3) is 0 Å². The monoisotopic (exact) mass is 254 g/mol. The van der Waals surface area contributed by atoms with Gasteiger partial charge in [0.1, 0.15) is 11.6 Å². The molecule has 0 aliphatic carbocycles. The first-order valence-electron chi connectivity index (χ1n) is 5.15. The van der Waals surface area contributed by atoms with Gasteiger partial charge in [-0.05, 0) is 12.1 Å². The number of benzene rings is 1. The molecule has 0 aromatic heterocycles. The SMILES string of the molecule is C=CCNC(=O)CNC(=O)c1ccc(F)cc1F. The summed E-state index contributed by atoms with van der Waals surface area (Å²) in [5.41, 5.74) is -0.312. The first kappa shape index (κ1) is 13.8. The summed E-state index contributed by atoms with van der Waals surface area (Å²) < 4.78 is 25.8. The van der Waals surface area contributed by atoms with E-state index in [0.29, 0.717) is 6.07 Å². The van der Waals surface area contributed by atoms with E-state index in [4.69, 9.17) is 0 Å². The van der Waals surface area contributed by atoms with Crippen molar-refractivity contribution in [1.29, 1.82) is 0 Å². The van der Waals surface area contributed by atoms with E-state index in [9.17, 15) is 18.4 Å². The third-order valence-electron chi connectivity index (χ3n) is 2.03. The first-order chi connectivity index (χ1) is 8.54. The highest BCUT2D eigenvalue weighted by molar-refractivity contribution is 5.96. The zero-order chi connectivity index (χ0) is 13.5. The molecular formula is C12H12F2N2O2. The van der Waals surface area contributed by atoms with E-state index in [2.05, 4.69) is 17.2 Å². The minimum atomic E-state index is -0.973. The van der Waals surface area contributed by atoms with Gasteiger partial charge in [-0.2, -0.15) is 0 Å². The zero-order valence-corrected chi connectivity index (χ0v) is 9.50. The van der Waals surface area contributed by atoms with E-state index in [-0.39, 0.29) is 18.7 Å². The Morgan fingerprint density at radius 1 is 1.28 bits per heavy atom. The van der Waals surface area contributed by atoms with Crippen LogP contribution in [-0.4, -0.2) is 24.9 Å². The topological polar surface area (TPSA) is 58.2 Å². The van der Waals surface area contributed by atoms with E-state index < -0.39 is 23.4 Å². The molecule has 6 heteroatoms. The number of amides is 2. The van der Waals surface area contributed by atoms with Crippen LogP contribution in [0.5, 0.6) is 0 Å². The predicted molar refractivity (Wildman–Crippen MR) is 61.9 cm³/mol. The maximum atomic E-state index is 13.2. The Hall–Kier alpha value is -2.24. The average Bonchev–Trinajstić information content (AvgIpc) is 2.33. The van der Waals surface area contributed by atoms with Crippen LogP contribution >= 0.6 is 0 Å². The Kier molecular flexibility index (Phi) is 4.98. The molecule has 0 bridgehead atoms. The van der Waals surface area contributed by atoms with Crippen LogP contribution in [0.15, 0.2) is 30.9 Å². The fourth-order valence-electron chi connectivity index (χ4n) is 1.18. The molecule has 1 aromatic carbocycles. The normalized spacial score (nSPS) is 9.67. The van der Waals surface area contributed by atoms with Crippen molar-refractivity contribution in [3.8, 4) is 0 Å². The summed E-state index contributed by atoms with van der Waals surface area (Å²) in [6, 6.07) is 2.59. The Morgan fingerprint density at radius 3 is 2.61 bits per heavy atom. The Labute approximate surface area is 103 Å². The van der Waals surface area contributed by atoms with E-state index in [0.717, 1.165) is 12.1 Å². The lowest BCUT2D eigenvalue weighted by Crippen LogP contribution is -2.37. The van der Waals surface area contributed by atoms with Crippen molar-refractivity contribution in [2.24, 2.45) is 0 Å². The predicted octanol–water partition coefficient (Wildman–Crippen LogP) is 0.997. The second-order valence-electron chi connectivity index (χ2n) is 3.40. The molecule has 0 aliphatic rings. The Balaban J connectivity index is 2.55. The van der Waals surface area contributed by atoms with Crippen molar-refractivity contribution < 1.29 is 18.4 Å². The van der Waals surface area contributed by atoms with Crippen molar-refractivity contribution in [1.82, 2.24) is 10.6 Å². The number of carbonyl (C=O) groups excluding carboxylic acids is 2. The second kappa shape index (κ2) is 6.48. The number of hydrogen-bond acceptors (Lipinski definition) is 2. The van der Waals surface area contributed by atoms with Gasteiger partial charge >= 0.3 is 0 Å². The molecule has 0 saturated heterocycles. The third kappa shape index (κ3) is 3.97. The van der Waals surface area contributed by atoms with Gasteiger partial charge in [-0.25, -0.2) is 8.78 Å². The molecule has 1 aromatic rings. The van der Waals surface area contributed by atoms with Crippen LogP contribution in [0.1, 0.15) is 10.4 Å². The molecule has 4 nitrogen and oxygen atoms in total. The number of halogens is 2. The van der Waals surface area contributed by atoms with Crippen molar-refractivity contribution in [2.45, 2.75) is 0 Å². The van der Waals surface area contributed by atoms with Crippen LogP contribution in [0.4, 0.5) is 8.78 Å². The summed E-state index contributed by atoms with van der Waals surface area (Å²) >= 11 is 0. The van der Waals surface area contributed by atoms with Crippen LogP contribution in [0.3, 0.4) is 0 Å². The zero-order valence-electron chi connectivity index (χ0n) is 9.50. The van der Waals surface area contributed by atoms with Crippen LogP contribution in [-0.2, 0) is 4.79 Å². The van der Waals surface area contributed by atoms with Crippen molar-refractivity contribution in [3.63, 3.8) is 0 Å². The molecule has 0 heterocycles. The summed E-state index contributed by atoms with van der Waals surface area (Å²) in [6.07, 6.45) is 1.49. The van der Waals surface area contributed by atoms with Crippen LogP contribution < -0.4 is 10.6 Å². The highest BCUT2D eigenvalue weighted by Gasteiger charge is 2.13. The van der Waals surface area contributed by atoms with Gasteiger partial charge in [0, 0.05) is 12.6 Å². The van der Waals surface area contributed by atoms with E-state index in [1.165, 1.54) is 6.08 Å². The molecular weight excluding hydrogens is 242 g/mol. The summed E-state index contributed by atoms with van der Waals surface area (Å²) in [7, 11) is 0. The highest BCUT2D eigenvalue weighted by Crippen LogP contribution is 2.08. The van der Waals surface area contributed by atoms with Gasteiger partial charge < -0.3 is 10.6 Å². The first-order valence-corrected chi connectivity index (χ1v) is 5.15. The van der Waals surface area contributed by atoms with Gasteiger partial charge in [-0.3, -0.25) is 9.59 Å². The molecule has 0 aliphatic heterocycles. The Bertz CT molecular complexity index is 475. The molecule has 96 valence electrons. The fourth-order valence-corrected chi connectivity index (χ4v) is 1.18. The van der Waals surface area contributed by atoms with E-state index in [1.54, 1.807) is 0 Å². The van der Waals surface area contributed by atoms with Crippen molar-refractivity contribution >= 4 is 11.8 Å². The summed E-state index contributed by atoms with van der Waals surface area (Å²) in [4.78, 5) is 22.6. The minimum absolute atomic E-state index is 0.277. The lowest BCUT2D eigenvalue weighted by Gasteiger charge is -2.06. The molecule has 2 N–H and O–H groups in total. The quantitative estimate of drug-likeness (QED) is 0.770. The van der Waals surface area contributed by atoms with Crippen LogP contribution in [0.2, 0.25) is 0 Å². The fraction of sp³-hybridized carbons (Fsp3) is 0.167. The highest BCUT2D eigenvalue weighted by atomic mass is 19.1. The Morgan fingerprint density at radius 2 is 2.00 bits per heavy atom. The van der Waals surface area contributed by atoms with Gasteiger partial charge in [-0.15, -0.1) is 6.58 Å². The van der Waals surface area contributed by atoms with Crippen molar-refractivity contribution in [3.05, 3.63) is 48.1 Å². The standard InChI is InChI=1S/C12H12F2N2O2/c1-2-5-15-11(17)7-16-12(18)9-4-3-8(13)6-10(9)14/h2-4,6H,1,5,7H2,(H,15,17)(H,16,18). The van der Waals surface area contributed by atoms with Gasteiger partial charge in [0.2, 0.25) is 5.91 Å². The van der Waals surface area contributed by atoms with Gasteiger partial charge in [-0.1, -0.05) is 6.08 Å². The van der Waals surface area contributed by atoms with E-state index in [1.807, 2.05) is 0 Å². The number of nitrogens with one attached hydrogen (secondary N) is 2. The summed E-state index contributed by atoms with van der Waals surface area (Å²) in [5.74, 6) is -2.95. The maximum Gasteiger partial charge on any atom is 0.254 e. The van der Waals surface area contributed by atoms with Gasteiger partial charge in [0.25, 0.3) is 5.91 Å². The van der Waals surface area contributed by atoms with Crippen LogP contribution in [0, 0.1) is 11.6 Å². The molecule has 1 rings (SSSR count). The summed E-state index contributed by atoms with van der Waals surface area (Å²) in [6.45, 7) is 3.40. The minimum Gasteiger partial charge on any atom is -0.351 e. The molecule has 18 heavy (non-hydrogen) atoms. The smallest absolute Gasteiger partial charge is 0.254 e. The number of rotatable bonds is 5. The molecule has 0 fully saturated rings. The van der Waals surface area contributed by atoms with Gasteiger partial charge in [0.05, 0.1) is 12.1 Å². The largest absolute Gasteiger partial charge is 0.351 e. The summed E-state index contributed by atoms with van der Waals surface area (Å²) in [5, 5.41) is 4.66. The molecule has 0 unspecified atom stereocenters. The molecule has 0 saturated carbocycles. The molecule has 2 amide bonds. The third-order valence-corrected chi connectivity index (χ3v) is 2.03. The molecule has 0 spiro atoms. The lowest BCUT2D eigenvalue weighted by atomic mass is 10.2. The average molecular weight is 254 g/mol. The van der Waals surface area contributed by atoms with Gasteiger partial charge in [0.15, 0.2) is 0 Å². The lowest BCUT2D eigenvalue weighted by molar-refractivity contribution is -0.119.